The van der Waals surface area contributed by atoms with Crippen molar-refractivity contribution >= 4 is 5.97 Å². The zero-order valence-electron chi connectivity index (χ0n) is 19.0. The Morgan fingerprint density at radius 3 is 2.28 bits per heavy atom. The summed E-state index contributed by atoms with van der Waals surface area (Å²) in [5, 5.41) is 69.0. The van der Waals surface area contributed by atoms with Crippen LogP contribution in [-0.4, -0.2) is 53.9 Å². The molecule has 190 valence electrons. The number of rotatable bonds is 7. The van der Waals surface area contributed by atoms with E-state index in [1.807, 2.05) is 0 Å². The molecular weight excluding hydrogens is 472 g/mol. The van der Waals surface area contributed by atoms with Crippen LogP contribution in [0.25, 0.3) is 0 Å². The van der Waals surface area contributed by atoms with E-state index >= 15 is 0 Å². The number of phenolic OH excluding ortho intramolecular Hbond substituents is 6. The second-order valence-electron chi connectivity index (χ2n) is 8.68. The van der Waals surface area contributed by atoms with Crippen LogP contribution in [0.1, 0.15) is 35.6 Å². The molecule has 0 unspecified atom stereocenters. The lowest BCUT2D eigenvalue weighted by atomic mass is 9.93. The molecule has 1 aliphatic rings. The van der Waals surface area contributed by atoms with Crippen LogP contribution >= 0.6 is 0 Å². The molecule has 1 aliphatic heterocycles. The Morgan fingerprint density at radius 1 is 0.889 bits per heavy atom. The molecule has 4 rings (SSSR count). The average molecular weight is 498 g/mol. The fraction of sp³-hybridized carbons (Fsp3) is 0.269. The predicted molar refractivity (Wildman–Crippen MR) is 125 cm³/mol. The summed E-state index contributed by atoms with van der Waals surface area (Å²) in [6.45, 7) is 0. The summed E-state index contributed by atoms with van der Waals surface area (Å²) < 4.78 is 11.5. The molecule has 3 atom stereocenters. The van der Waals surface area contributed by atoms with Gasteiger partial charge >= 0.3 is 5.97 Å². The van der Waals surface area contributed by atoms with Crippen molar-refractivity contribution in [2.75, 3.05) is 0 Å². The van der Waals surface area contributed by atoms with Crippen LogP contribution < -0.4 is 4.74 Å². The van der Waals surface area contributed by atoms with Crippen molar-refractivity contribution in [1.82, 2.24) is 0 Å². The molecule has 7 N–H and O–H groups in total. The second-order valence-corrected chi connectivity index (χ2v) is 8.68. The number of carbonyl (C=O) groups excluding carboxylic acids is 1. The van der Waals surface area contributed by atoms with Crippen molar-refractivity contribution in [2.45, 2.75) is 44.0 Å². The highest BCUT2D eigenvalue weighted by Gasteiger charge is 2.36. The number of carbonyl (C=O) groups is 1. The molecule has 0 spiro atoms. The first-order chi connectivity index (χ1) is 17.1. The molecule has 0 saturated carbocycles. The smallest absolute Gasteiger partial charge is 0.308 e. The average Bonchev–Trinajstić information content (AvgIpc) is 2.81. The highest BCUT2D eigenvalue weighted by Crippen LogP contribution is 2.44. The molecule has 36 heavy (non-hydrogen) atoms. The van der Waals surface area contributed by atoms with E-state index in [2.05, 4.69) is 0 Å². The lowest BCUT2D eigenvalue weighted by Crippen LogP contribution is -2.35. The minimum Gasteiger partial charge on any atom is -0.508 e. The maximum atomic E-state index is 12.7. The number of aryl methyl sites for hydroxylation is 1. The van der Waals surface area contributed by atoms with E-state index in [-0.39, 0.29) is 53.8 Å². The van der Waals surface area contributed by atoms with Gasteiger partial charge in [0.25, 0.3) is 0 Å². The second kappa shape index (κ2) is 10.1. The van der Waals surface area contributed by atoms with Gasteiger partial charge in [0.15, 0.2) is 29.1 Å². The SMILES string of the molecule is O=C(C[C@H](O)CCc1ccc(O)c(O)c1)O[C@H]1Cc2c(O)cc(O)cc2O[C@@H]1c1ccc(O)c(O)c1. The lowest BCUT2D eigenvalue weighted by molar-refractivity contribution is -0.157. The van der Waals surface area contributed by atoms with Crippen LogP contribution in [0, 0.1) is 0 Å². The Morgan fingerprint density at radius 2 is 1.58 bits per heavy atom. The molecule has 0 saturated heterocycles. The van der Waals surface area contributed by atoms with Crippen molar-refractivity contribution in [3.8, 4) is 40.2 Å². The molecule has 3 aromatic rings. The van der Waals surface area contributed by atoms with Crippen molar-refractivity contribution < 1.29 is 50.0 Å². The van der Waals surface area contributed by atoms with Crippen molar-refractivity contribution in [3.05, 3.63) is 65.2 Å². The minimum absolute atomic E-state index is 0.0301. The lowest BCUT2D eigenvalue weighted by Gasteiger charge is -2.34. The quantitative estimate of drug-likeness (QED) is 0.189. The summed E-state index contributed by atoms with van der Waals surface area (Å²) in [7, 11) is 0. The van der Waals surface area contributed by atoms with Gasteiger partial charge in [0, 0.05) is 29.7 Å². The third-order valence-electron chi connectivity index (χ3n) is 5.99. The Hall–Kier alpha value is -4.31. The van der Waals surface area contributed by atoms with Crippen molar-refractivity contribution in [3.63, 3.8) is 0 Å². The molecule has 0 radical (unpaired) electrons. The van der Waals surface area contributed by atoms with Crippen molar-refractivity contribution in [1.29, 1.82) is 0 Å². The maximum absolute atomic E-state index is 12.7. The monoisotopic (exact) mass is 498 g/mol. The number of aliphatic hydroxyl groups excluding tert-OH is 1. The van der Waals surface area contributed by atoms with Gasteiger partial charge in [-0.3, -0.25) is 4.79 Å². The number of fused-ring (bicyclic) bond motifs is 1. The highest BCUT2D eigenvalue weighted by molar-refractivity contribution is 5.70. The summed E-state index contributed by atoms with van der Waals surface area (Å²) in [6.07, 6.45) is -2.71. The Bertz CT molecular complexity index is 1270. The van der Waals surface area contributed by atoms with Gasteiger partial charge in [-0.2, -0.15) is 0 Å². The number of ether oxygens (including phenoxy) is 2. The number of aromatic hydroxyl groups is 6. The molecule has 3 aromatic carbocycles. The number of aliphatic hydroxyl groups is 1. The Kier molecular flexibility index (Phi) is 6.98. The molecule has 10 heteroatoms. The fourth-order valence-corrected chi connectivity index (χ4v) is 4.12. The third kappa shape index (κ3) is 5.49. The summed E-state index contributed by atoms with van der Waals surface area (Å²) in [4.78, 5) is 12.7. The van der Waals surface area contributed by atoms with Gasteiger partial charge in [-0.05, 0) is 42.7 Å². The van der Waals surface area contributed by atoms with E-state index in [1.54, 1.807) is 6.07 Å². The molecule has 10 nitrogen and oxygen atoms in total. The largest absolute Gasteiger partial charge is 0.508 e. The summed E-state index contributed by atoms with van der Waals surface area (Å²) in [6, 6.07) is 10.8. The van der Waals surface area contributed by atoms with Crippen LogP contribution in [0.2, 0.25) is 0 Å². The zero-order valence-corrected chi connectivity index (χ0v) is 19.0. The molecule has 0 bridgehead atoms. The van der Waals surface area contributed by atoms with Crippen LogP contribution in [0.3, 0.4) is 0 Å². The van der Waals surface area contributed by atoms with E-state index in [0.29, 0.717) is 23.1 Å². The van der Waals surface area contributed by atoms with E-state index in [1.165, 1.54) is 36.4 Å². The Balaban J connectivity index is 1.47. The summed E-state index contributed by atoms with van der Waals surface area (Å²) in [5.74, 6) is -2.28. The number of benzene rings is 3. The molecule has 0 fully saturated rings. The summed E-state index contributed by atoms with van der Waals surface area (Å²) in [5.41, 5.74) is 1.36. The number of hydrogen-bond donors (Lipinski definition) is 7. The highest BCUT2D eigenvalue weighted by atomic mass is 16.6. The van der Waals surface area contributed by atoms with Gasteiger partial charge in [0.1, 0.15) is 23.4 Å². The normalized spacial score (nSPS) is 17.6. The third-order valence-corrected chi connectivity index (χ3v) is 5.99. The maximum Gasteiger partial charge on any atom is 0.308 e. The molecule has 0 aliphatic carbocycles. The first-order valence-electron chi connectivity index (χ1n) is 11.2. The topological polar surface area (TPSA) is 177 Å². The van der Waals surface area contributed by atoms with Crippen LogP contribution in [0.4, 0.5) is 0 Å². The van der Waals surface area contributed by atoms with E-state index in [4.69, 9.17) is 9.47 Å². The van der Waals surface area contributed by atoms with Gasteiger partial charge in [0.2, 0.25) is 0 Å². The molecule has 0 aromatic heterocycles. The van der Waals surface area contributed by atoms with Gasteiger partial charge in [-0.1, -0.05) is 12.1 Å². The van der Waals surface area contributed by atoms with Crippen LogP contribution in [-0.2, 0) is 22.4 Å². The first-order valence-corrected chi connectivity index (χ1v) is 11.2. The molecular formula is C26H26O10. The van der Waals surface area contributed by atoms with E-state index in [0.717, 1.165) is 6.07 Å². The minimum atomic E-state index is -1.05. The van der Waals surface area contributed by atoms with Gasteiger partial charge in [-0.15, -0.1) is 0 Å². The molecule has 0 amide bonds. The fourth-order valence-electron chi connectivity index (χ4n) is 4.12. The number of phenols is 6. The standard InChI is InChI=1S/C26H26O10/c27-15(4-1-13-2-5-18(29)21(32)7-13)11-25(34)35-24-12-17-20(31)9-16(28)10-23(17)36-26(24)14-3-6-19(30)22(33)8-14/h2-3,5-10,15,24,26-33H,1,4,11-12H2/t15-,24+,26-/m1/s1. The zero-order chi connectivity index (χ0) is 26.0. The predicted octanol–water partition coefficient (Wildman–Crippen LogP) is 2.89. The van der Waals surface area contributed by atoms with Crippen LogP contribution in [0.5, 0.6) is 40.2 Å². The number of hydrogen-bond acceptors (Lipinski definition) is 10. The van der Waals surface area contributed by atoms with E-state index < -0.39 is 30.0 Å². The van der Waals surface area contributed by atoms with E-state index in [9.17, 15) is 40.5 Å². The molecule has 1 heterocycles. The Labute approximate surface area is 205 Å². The van der Waals surface area contributed by atoms with Gasteiger partial charge in [-0.25, -0.2) is 0 Å². The van der Waals surface area contributed by atoms with Crippen LogP contribution in [0.15, 0.2) is 48.5 Å². The number of esters is 1. The van der Waals surface area contributed by atoms with Crippen molar-refractivity contribution in [2.24, 2.45) is 0 Å². The summed E-state index contributed by atoms with van der Waals surface area (Å²) >= 11 is 0. The first kappa shape index (κ1) is 24.8. The van der Waals surface area contributed by atoms with Gasteiger partial charge < -0.3 is 45.2 Å². The van der Waals surface area contributed by atoms with Gasteiger partial charge in [0.05, 0.1) is 12.5 Å².